The molecule has 0 spiro atoms. The first-order valence-electron chi connectivity index (χ1n) is 4.70. The molecule has 2 nitrogen and oxygen atoms in total. The molecule has 0 fully saturated rings. The van der Waals surface area contributed by atoms with Gasteiger partial charge < -0.3 is 5.73 Å². The first-order chi connectivity index (χ1) is 5.42. The highest BCUT2D eigenvalue weighted by Gasteiger charge is 2.11. The summed E-state index contributed by atoms with van der Waals surface area (Å²) in [5, 5.41) is 0. The third-order valence-electron chi connectivity index (χ3n) is 1.85. The lowest BCUT2D eigenvalue weighted by molar-refractivity contribution is -0.118. The average molecular weight is 187 g/mol. The predicted octanol–water partition coefficient (Wildman–Crippen LogP) is 2.37. The predicted molar refractivity (Wildman–Crippen MR) is 55.8 cm³/mol. The second-order valence-electron chi connectivity index (χ2n) is 4.59. The van der Waals surface area contributed by atoms with Gasteiger partial charge in [-0.05, 0) is 6.42 Å². The quantitative estimate of drug-likeness (QED) is 0.503. The normalized spacial score (nSPS) is 11.6. The van der Waals surface area contributed by atoms with Crippen molar-refractivity contribution in [2.45, 2.75) is 51.4 Å². The topological polar surface area (TPSA) is 43.1 Å². The number of primary amides is 1. The minimum absolute atomic E-state index is 0.164. The molecule has 3 heteroatoms. The summed E-state index contributed by atoms with van der Waals surface area (Å²) >= 11 is 0. The molecule has 0 unspecified atom stereocenters. The summed E-state index contributed by atoms with van der Waals surface area (Å²) in [5.41, 5.74) is 5.03. The van der Waals surface area contributed by atoms with E-state index in [9.17, 15) is 4.79 Å². The van der Waals surface area contributed by atoms with Crippen molar-refractivity contribution in [3.63, 3.8) is 0 Å². The van der Waals surface area contributed by atoms with Crippen LogP contribution in [0.3, 0.4) is 0 Å². The molecule has 0 atom stereocenters. The summed E-state index contributed by atoms with van der Waals surface area (Å²) in [6.07, 6.45) is 3.96. The molecule has 0 aliphatic heterocycles. The fourth-order valence-electron chi connectivity index (χ4n) is 1.13. The Bertz CT molecular complexity index is 140. The van der Waals surface area contributed by atoms with Gasteiger partial charge in [0.15, 0.2) is 0 Å². The number of rotatable bonds is 6. The lowest BCUT2D eigenvalue weighted by Gasteiger charge is -2.14. The summed E-state index contributed by atoms with van der Waals surface area (Å²) < 4.78 is 0. The minimum Gasteiger partial charge on any atom is -0.370 e. The van der Waals surface area contributed by atoms with Crippen LogP contribution in [-0.2, 0) is 4.79 Å². The van der Waals surface area contributed by atoms with Gasteiger partial charge in [0.05, 0.1) is 0 Å². The van der Waals surface area contributed by atoms with Gasteiger partial charge in [-0.25, -0.2) is 0 Å². The Morgan fingerprint density at radius 3 is 2.17 bits per heavy atom. The Morgan fingerprint density at radius 2 is 1.75 bits per heavy atom. The first-order valence-corrected chi connectivity index (χ1v) is 8.41. The van der Waals surface area contributed by atoms with E-state index in [4.69, 9.17) is 5.73 Å². The molecule has 1 amide bonds. The maximum atomic E-state index is 10.4. The summed E-state index contributed by atoms with van der Waals surface area (Å²) in [4.78, 5) is 10.4. The smallest absolute Gasteiger partial charge is 0.217 e. The molecule has 0 saturated heterocycles. The molecule has 2 N–H and O–H groups in total. The molecule has 0 aromatic heterocycles. The van der Waals surface area contributed by atoms with E-state index in [1.165, 1.54) is 12.5 Å². The first kappa shape index (κ1) is 11.7. The van der Waals surface area contributed by atoms with E-state index in [0.717, 1.165) is 12.8 Å². The standard InChI is InChI=1S/C9H21NOSi/c1-12(2,3)8-6-4-5-7-9(10)11/h4-8H2,1-3H3,(H2,10,11). The van der Waals surface area contributed by atoms with Gasteiger partial charge in [0.2, 0.25) is 5.91 Å². The zero-order valence-electron chi connectivity index (χ0n) is 8.52. The third kappa shape index (κ3) is 9.69. The number of unbranched alkanes of at least 4 members (excludes halogenated alkanes) is 2. The molecule has 0 saturated carbocycles. The molecule has 0 aliphatic rings. The fraction of sp³-hybridized carbons (Fsp3) is 0.889. The largest absolute Gasteiger partial charge is 0.370 e. The van der Waals surface area contributed by atoms with Crippen molar-refractivity contribution in [1.29, 1.82) is 0 Å². The zero-order valence-corrected chi connectivity index (χ0v) is 9.52. The van der Waals surface area contributed by atoms with Crippen LogP contribution in [0.4, 0.5) is 0 Å². The van der Waals surface area contributed by atoms with Crippen molar-refractivity contribution in [3.05, 3.63) is 0 Å². The van der Waals surface area contributed by atoms with Crippen LogP contribution in [0.5, 0.6) is 0 Å². The van der Waals surface area contributed by atoms with Crippen molar-refractivity contribution < 1.29 is 4.79 Å². The van der Waals surface area contributed by atoms with Gasteiger partial charge >= 0.3 is 0 Å². The van der Waals surface area contributed by atoms with Crippen LogP contribution >= 0.6 is 0 Å². The van der Waals surface area contributed by atoms with E-state index < -0.39 is 8.07 Å². The molecule has 0 rings (SSSR count). The van der Waals surface area contributed by atoms with E-state index in [-0.39, 0.29) is 5.91 Å². The molecule has 0 bridgehead atoms. The summed E-state index contributed by atoms with van der Waals surface area (Å²) in [5.74, 6) is -0.164. The van der Waals surface area contributed by atoms with Crippen LogP contribution in [0, 0.1) is 0 Å². The van der Waals surface area contributed by atoms with Crippen LogP contribution in [0.2, 0.25) is 25.7 Å². The minimum atomic E-state index is -0.851. The molecule has 12 heavy (non-hydrogen) atoms. The van der Waals surface area contributed by atoms with Gasteiger partial charge in [0.1, 0.15) is 0 Å². The number of amides is 1. The Hall–Kier alpha value is -0.313. The number of nitrogens with two attached hydrogens (primary N) is 1. The van der Waals surface area contributed by atoms with Crippen molar-refractivity contribution in [2.75, 3.05) is 0 Å². The molecule has 72 valence electrons. The molecule has 0 heterocycles. The lowest BCUT2D eigenvalue weighted by atomic mass is 10.2. The average Bonchev–Trinajstić information content (AvgIpc) is 1.83. The van der Waals surface area contributed by atoms with Crippen LogP contribution in [-0.4, -0.2) is 14.0 Å². The Balaban J connectivity index is 3.17. The van der Waals surface area contributed by atoms with E-state index in [1.807, 2.05) is 0 Å². The molecule has 0 aliphatic carbocycles. The molecule has 0 aromatic carbocycles. The van der Waals surface area contributed by atoms with Gasteiger partial charge in [-0.2, -0.15) is 0 Å². The van der Waals surface area contributed by atoms with Crippen molar-refractivity contribution >= 4 is 14.0 Å². The number of hydrogen-bond donors (Lipinski definition) is 1. The van der Waals surface area contributed by atoms with Gasteiger partial charge in [0.25, 0.3) is 0 Å². The molecule has 0 aromatic rings. The Labute approximate surface area is 76.5 Å². The van der Waals surface area contributed by atoms with E-state index in [2.05, 4.69) is 19.6 Å². The summed E-state index contributed by atoms with van der Waals surface area (Å²) in [7, 11) is -0.851. The van der Waals surface area contributed by atoms with Crippen molar-refractivity contribution in [1.82, 2.24) is 0 Å². The Morgan fingerprint density at radius 1 is 1.17 bits per heavy atom. The van der Waals surface area contributed by atoms with Crippen molar-refractivity contribution in [2.24, 2.45) is 5.73 Å². The van der Waals surface area contributed by atoms with Crippen molar-refractivity contribution in [3.8, 4) is 0 Å². The van der Waals surface area contributed by atoms with Gasteiger partial charge in [0, 0.05) is 14.5 Å². The molecular formula is C9H21NOSi. The maximum absolute atomic E-state index is 10.4. The second-order valence-corrected chi connectivity index (χ2v) is 10.2. The number of hydrogen-bond acceptors (Lipinski definition) is 1. The molecule has 0 radical (unpaired) electrons. The van der Waals surface area contributed by atoms with Gasteiger partial charge in [-0.1, -0.05) is 38.5 Å². The summed E-state index contributed by atoms with van der Waals surface area (Å²) in [6, 6.07) is 1.37. The van der Waals surface area contributed by atoms with Crippen LogP contribution in [0.15, 0.2) is 0 Å². The number of carbonyl (C=O) groups is 1. The SMILES string of the molecule is C[Si](C)(C)CCCCCC(N)=O. The molecular weight excluding hydrogens is 166 g/mol. The Kier molecular flexibility index (Phi) is 5.21. The highest BCUT2D eigenvalue weighted by Crippen LogP contribution is 2.14. The van der Waals surface area contributed by atoms with Crippen LogP contribution < -0.4 is 5.73 Å². The lowest BCUT2D eigenvalue weighted by Crippen LogP contribution is -2.18. The highest BCUT2D eigenvalue weighted by atomic mass is 28.3. The zero-order chi connectivity index (χ0) is 9.61. The second kappa shape index (κ2) is 5.35. The fourth-order valence-corrected chi connectivity index (χ4v) is 2.44. The van der Waals surface area contributed by atoms with Gasteiger partial charge in [-0.15, -0.1) is 0 Å². The van der Waals surface area contributed by atoms with E-state index in [0.29, 0.717) is 6.42 Å². The summed E-state index contributed by atoms with van der Waals surface area (Å²) in [6.45, 7) is 7.13. The van der Waals surface area contributed by atoms with Gasteiger partial charge in [-0.3, -0.25) is 4.79 Å². The number of carbonyl (C=O) groups excluding carboxylic acids is 1. The van der Waals surface area contributed by atoms with Crippen LogP contribution in [0.1, 0.15) is 25.7 Å². The van der Waals surface area contributed by atoms with Crippen LogP contribution in [0.25, 0.3) is 0 Å². The highest BCUT2D eigenvalue weighted by molar-refractivity contribution is 6.76. The third-order valence-corrected chi connectivity index (χ3v) is 3.70. The maximum Gasteiger partial charge on any atom is 0.217 e. The van der Waals surface area contributed by atoms with E-state index in [1.54, 1.807) is 0 Å². The van der Waals surface area contributed by atoms with E-state index >= 15 is 0 Å². The monoisotopic (exact) mass is 187 g/mol.